The van der Waals surface area contributed by atoms with E-state index in [1.807, 2.05) is 76.4 Å². The zero-order valence-corrected chi connectivity index (χ0v) is 39.9. The first-order valence-corrected chi connectivity index (χ1v) is 23.2. The Morgan fingerprint density at radius 2 is 1.63 bits per heavy atom. The van der Waals surface area contributed by atoms with Crippen molar-refractivity contribution >= 4 is 40.8 Å². The van der Waals surface area contributed by atoms with Crippen molar-refractivity contribution in [2.75, 3.05) is 27.7 Å². The van der Waals surface area contributed by atoms with Crippen LogP contribution in [0.1, 0.15) is 104 Å². The van der Waals surface area contributed by atoms with Crippen LogP contribution in [0.5, 0.6) is 0 Å². The molecule has 0 saturated carbocycles. The quantitative estimate of drug-likeness (QED) is 0.0769. The number of cyclic esters (lactones) is 1. The second kappa shape index (κ2) is 20.8. The number of ketones is 2. The number of carbonyl (C=O) groups excluding carboxylic acids is 5. The van der Waals surface area contributed by atoms with Gasteiger partial charge in [-0.05, 0) is 97.7 Å². The lowest BCUT2D eigenvalue weighted by atomic mass is 9.72. The van der Waals surface area contributed by atoms with E-state index in [0.717, 1.165) is 5.52 Å². The summed E-state index contributed by atoms with van der Waals surface area (Å²) in [7, 11) is 5.27. The molecule has 1 aromatic carbocycles. The van der Waals surface area contributed by atoms with Crippen molar-refractivity contribution < 1.29 is 52.4 Å². The average molecular weight is 904 g/mol. The van der Waals surface area contributed by atoms with Gasteiger partial charge < -0.3 is 42.8 Å². The SMILES string of the molecule is CC[C@H]1OC(=O)[C@H](C)C(=O)[C@H](C)[C@@H](OC2O[C@H](C)C[C@H](N(C)C)[C@H]2OC(=O)c2ccccc2)[C@](C)(OC)C[C@@H](C)C(=O)[C@H](C)[C@H]2N(CCCCn3cnc4ncccc43)C(=O)O[C@]12CC. The number of rotatable bonds is 13. The molecule has 13 atom stereocenters. The minimum Gasteiger partial charge on any atom is -0.457 e. The summed E-state index contributed by atoms with van der Waals surface area (Å²) in [5.74, 6) is -5.75. The summed E-state index contributed by atoms with van der Waals surface area (Å²) >= 11 is 0. The molecular weight excluding hydrogens is 835 g/mol. The van der Waals surface area contributed by atoms with Crippen molar-refractivity contribution in [2.24, 2.45) is 23.7 Å². The fourth-order valence-electron chi connectivity index (χ4n) is 10.5. The maximum absolute atomic E-state index is 15.0. The highest BCUT2D eigenvalue weighted by molar-refractivity contribution is 6.00. The summed E-state index contributed by atoms with van der Waals surface area (Å²) in [5.41, 5.74) is -0.813. The number of nitrogens with zero attached hydrogens (tertiary/aromatic N) is 5. The Morgan fingerprint density at radius 3 is 2.29 bits per heavy atom. The number of unbranched alkanes of at least 4 members (excludes halogenated alkanes) is 1. The molecule has 2 aromatic heterocycles. The summed E-state index contributed by atoms with van der Waals surface area (Å²) in [6, 6.07) is 11.3. The lowest BCUT2D eigenvalue weighted by Crippen LogP contribution is -2.61. The van der Waals surface area contributed by atoms with Gasteiger partial charge in [0.15, 0.2) is 29.4 Å². The lowest BCUT2D eigenvalue weighted by molar-refractivity contribution is -0.294. The van der Waals surface area contributed by atoms with Crippen LogP contribution >= 0.6 is 0 Å². The van der Waals surface area contributed by atoms with Crippen LogP contribution in [0.3, 0.4) is 0 Å². The number of aromatic nitrogens is 3. The van der Waals surface area contributed by atoms with E-state index in [2.05, 4.69) is 9.97 Å². The first-order chi connectivity index (χ1) is 30.9. The lowest BCUT2D eigenvalue weighted by Gasteiger charge is -2.48. The molecule has 5 heterocycles. The van der Waals surface area contributed by atoms with E-state index < -0.39 is 89.3 Å². The Hall–Kier alpha value is -4.77. The topological polar surface area (TPSA) is 178 Å². The molecule has 0 aliphatic carbocycles. The zero-order valence-electron chi connectivity index (χ0n) is 39.9. The van der Waals surface area contributed by atoms with Gasteiger partial charge in [-0.3, -0.25) is 14.4 Å². The molecule has 3 aromatic rings. The van der Waals surface area contributed by atoms with Crippen LogP contribution in [0, 0.1) is 23.7 Å². The Labute approximate surface area is 383 Å². The van der Waals surface area contributed by atoms with Gasteiger partial charge in [0.1, 0.15) is 17.8 Å². The molecular formula is C49H69N5O11. The van der Waals surface area contributed by atoms with Crippen LogP contribution in [-0.2, 0) is 49.3 Å². The average Bonchev–Trinajstić information content (AvgIpc) is 3.85. The second-order valence-electron chi connectivity index (χ2n) is 18.7. The monoisotopic (exact) mass is 903 g/mol. The molecule has 3 aliphatic rings. The fraction of sp³-hybridized carbons (Fsp3) is 0.653. The number of carbonyl (C=O) groups is 5. The van der Waals surface area contributed by atoms with Gasteiger partial charge in [-0.1, -0.05) is 52.8 Å². The zero-order chi connectivity index (χ0) is 47.4. The van der Waals surface area contributed by atoms with Crippen molar-refractivity contribution in [1.29, 1.82) is 0 Å². The minimum absolute atomic E-state index is 0.0905. The van der Waals surface area contributed by atoms with Gasteiger partial charge in [0.25, 0.3) is 0 Å². The predicted octanol–water partition coefficient (Wildman–Crippen LogP) is 6.67. The van der Waals surface area contributed by atoms with Crippen molar-refractivity contribution in [3.8, 4) is 0 Å². The fourth-order valence-corrected chi connectivity index (χ4v) is 10.5. The maximum atomic E-state index is 15.0. The van der Waals surface area contributed by atoms with Crippen molar-refractivity contribution in [3.63, 3.8) is 0 Å². The molecule has 16 nitrogen and oxygen atoms in total. The van der Waals surface area contributed by atoms with Crippen molar-refractivity contribution in [2.45, 2.75) is 154 Å². The number of imidazole rings is 1. The number of amides is 1. The summed E-state index contributed by atoms with van der Waals surface area (Å²) in [6.45, 7) is 15.1. The Kier molecular flexibility index (Phi) is 15.9. The standard InChI is InChI=1S/C49H69N5O11/c1-12-37-49(13-2)41(54(47(59)65-49)25-18-17-24-53-28-51-43-35(53)22-19-23-50-43)31(5)38(55)29(3)27-48(8,60-11)42(32(6)39(56)33(7)44(57)62-37)64-46-40(36(52(9)10)26-30(4)61-46)63-45(58)34-20-15-14-16-21-34/h14-16,19-23,28-33,36-37,40-42,46H,12-13,17-18,24-27H2,1-11H3/t29-,30-,31+,32+,33-,36+,37-,40-,41-,42-,46?,48-,49-/m1/s1. The van der Waals surface area contributed by atoms with E-state index in [0.29, 0.717) is 37.0 Å². The number of fused-ring (bicyclic) bond motifs is 2. The Morgan fingerprint density at radius 1 is 0.923 bits per heavy atom. The summed E-state index contributed by atoms with van der Waals surface area (Å²) in [6.07, 6.45) is 0.718. The highest BCUT2D eigenvalue weighted by Crippen LogP contribution is 2.45. The number of hydrogen-bond donors (Lipinski definition) is 0. The maximum Gasteiger partial charge on any atom is 0.410 e. The van der Waals surface area contributed by atoms with Gasteiger partial charge in [0, 0.05) is 44.1 Å². The van der Waals surface area contributed by atoms with Crippen LogP contribution in [0.25, 0.3) is 11.2 Å². The van der Waals surface area contributed by atoms with Gasteiger partial charge in [0.2, 0.25) is 0 Å². The third kappa shape index (κ3) is 10.2. The van der Waals surface area contributed by atoms with Crippen LogP contribution in [-0.4, -0.2) is 136 Å². The molecule has 6 rings (SSSR count). The van der Waals surface area contributed by atoms with E-state index in [4.69, 9.17) is 28.4 Å². The number of likely N-dealkylation sites (N-methyl/N-ethyl adjacent to an activating group) is 1. The molecule has 0 spiro atoms. The summed E-state index contributed by atoms with van der Waals surface area (Å²) in [4.78, 5) is 84.1. The molecule has 3 aliphatic heterocycles. The van der Waals surface area contributed by atoms with Crippen LogP contribution in [0.4, 0.5) is 4.79 Å². The van der Waals surface area contributed by atoms with Crippen LogP contribution < -0.4 is 0 Å². The van der Waals surface area contributed by atoms with E-state index in [1.165, 1.54) is 14.0 Å². The first-order valence-electron chi connectivity index (χ1n) is 23.2. The Balaban J connectivity index is 1.34. The molecule has 356 valence electrons. The number of pyridine rings is 1. The van der Waals surface area contributed by atoms with Gasteiger partial charge >= 0.3 is 18.0 Å². The highest BCUT2D eigenvalue weighted by Gasteiger charge is 2.62. The van der Waals surface area contributed by atoms with E-state index >= 15 is 4.79 Å². The number of benzene rings is 1. The van der Waals surface area contributed by atoms with Crippen LogP contribution in [0.15, 0.2) is 55.0 Å². The summed E-state index contributed by atoms with van der Waals surface area (Å²) < 4.78 is 40.6. The van der Waals surface area contributed by atoms with Gasteiger partial charge in [-0.25, -0.2) is 19.6 Å². The highest BCUT2D eigenvalue weighted by atomic mass is 16.7. The van der Waals surface area contributed by atoms with Crippen molar-refractivity contribution in [1.82, 2.24) is 24.3 Å². The van der Waals surface area contributed by atoms with Gasteiger partial charge in [0.05, 0.1) is 47.3 Å². The molecule has 65 heavy (non-hydrogen) atoms. The molecule has 1 amide bonds. The minimum atomic E-state index is -1.39. The molecule has 16 heteroatoms. The third-order valence-corrected chi connectivity index (χ3v) is 14.2. The largest absolute Gasteiger partial charge is 0.457 e. The van der Waals surface area contributed by atoms with Crippen molar-refractivity contribution in [3.05, 3.63) is 60.6 Å². The molecule has 0 radical (unpaired) electrons. The molecule has 0 bridgehead atoms. The smallest absolute Gasteiger partial charge is 0.410 e. The molecule has 3 saturated heterocycles. The number of esters is 2. The first kappa shape index (κ1) is 49.7. The summed E-state index contributed by atoms with van der Waals surface area (Å²) in [5, 5.41) is 0. The predicted molar refractivity (Wildman–Crippen MR) is 241 cm³/mol. The van der Waals surface area contributed by atoms with Crippen LogP contribution in [0.2, 0.25) is 0 Å². The number of ether oxygens (including phenoxy) is 6. The molecule has 1 unspecified atom stereocenters. The van der Waals surface area contributed by atoms with E-state index in [1.54, 1.807) is 55.5 Å². The number of aryl methyl sites for hydroxylation is 1. The second-order valence-corrected chi connectivity index (χ2v) is 18.7. The third-order valence-electron chi connectivity index (χ3n) is 14.2. The van der Waals surface area contributed by atoms with E-state index in [9.17, 15) is 19.2 Å². The molecule has 0 N–H and O–H groups in total. The molecule has 3 fully saturated rings. The number of hydrogen-bond acceptors (Lipinski definition) is 14. The Bertz CT molecular complexity index is 2150. The number of Topliss-reactive ketones (excluding diaryl/α,β-unsaturated/α-hetero) is 2. The van der Waals surface area contributed by atoms with E-state index in [-0.39, 0.29) is 43.7 Å². The number of methoxy groups -OCH3 is 1. The normalized spacial score (nSPS) is 34.0. The van der Waals surface area contributed by atoms with Gasteiger partial charge in [-0.15, -0.1) is 0 Å². The van der Waals surface area contributed by atoms with Gasteiger partial charge in [-0.2, -0.15) is 0 Å².